The van der Waals surface area contributed by atoms with Crippen molar-refractivity contribution in [3.05, 3.63) is 78.6 Å². The Kier molecular flexibility index (Phi) is 3.53. The summed E-state index contributed by atoms with van der Waals surface area (Å²) < 4.78 is 17.6. The van der Waals surface area contributed by atoms with Crippen LogP contribution < -0.4 is 5.32 Å². The molecular weight excluding hydrogens is 345 g/mol. The van der Waals surface area contributed by atoms with Gasteiger partial charge in [0.2, 0.25) is 0 Å². The highest BCUT2D eigenvalue weighted by Gasteiger charge is 2.12. The summed E-state index contributed by atoms with van der Waals surface area (Å²) in [5.41, 5.74) is 3.35. The molecule has 27 heavy (non-hydrogen) atoms. The molecule has 0 fully saturated rings. The van der Waals surface area contributed by atoms with Gasteiger partial charge in [-0.15, -0.1) is 0 Å². The van der Waals surface area contributed by atoms with E-state index in [1.54, 1.807) is 58.0 Å². The first-order chi connectivity index (χ1) is 13.3. The van der Waals surface area contributed by atoms with Crippen molar-refractivity contribution in [3.63, 3.8) is 0 Å². The number of rotatable bonds is 4. The molecule has 5 rings (SSSR count). The summed E-state index contributed by atoms with van der Waals surface area (Å²) in [5.74, 6) is 0.394. The number of fused-ring (bicyclic) bond motifs is 2. The lowest BCUT2D eigenvalue weighted by molar-refractivity contribution is 0.630. The van der Waals surface area contributed by atoms with Gasteiger partial charge in [-0.3, -0.25) is 0 Å². The lowest BCUT2D eigenvalue weighted by Crippen LogP contribution is -2.07. The number of hydrogen-bond donors (Lipinski definition) is 1. The molecule has 7 nitrogen and oxygen atoms in total. The first-order valence-corrected chi connectivity index (χ1v) is 8.40. The Hall–Kier alpha value is -3.81. The van der Waals surface area contributed by atoms with Gasteiger partial charge in [-0.1, -0.05) is 12.1 Å². The van der Waals surface area contributed by atoms with Crippen LogP contribution in [0.5, 0.6) is 0 Å². The smallest absolute Gasteiger partial charge is 0.159 e. The maximum atomic E-state index is 14.2. The van der Waals surface area contributed by atoms with Crippen LogP contribution in [0.1, 0.15) is 5.56 Å². The number of nitrogens with zero attached hydrogens (tertiary/aromatic N) is 6. The van der Waals surface area contributed by atoms with E-state index >= 15 is 0 Å². The van der Waals surface area contributed by atoms with E-state index < -0.39 is 0 Å². The van der Waals surface area contributed by atoms with E-state index in [1.807, 2.05) is 12.3 Å². The predicted octanol–water partition coefficient (Wildman–Crippen LogP) is 3.19. The Morgan fingerprint density at radius 3 is 2.89 bits per heavy atom. The van der Waals surface area contributed by atoms with Gasteiger partial charge in [-0.05, 0) is 18.2 Å². The van der Waals surface area contributed by atoms with Crippen molar-refractivity contribution in [3.8, 4) is 11.3 Å². The van der Waals surface area contributed by atoms with Crippen LogP contribution in [0.2, 0.25) is 0 Å². The monoisotopic (exact) mass is 359 g/mol. The molecule has 0 radical (unpaired) electrons. The third-order valence-electron chi connectivity index (χ3n) is 4.32. The van der Waals surface area contributed by atoms with Gasteiger partial charge in [0.1, 0.15) is 11.6 Å². The number of hydrogen-bond acceptors (Lipinski definition) is 5. The van der Waals surface area contributed by atoms with E-state index in [0.717, 1.165) is 11.2 Å². The zero-order valence-corrected chi connectivity index (χ0v) is 14.1. The molecule has 1 aromatic carbocycles. The summed E-state index contributed by atoms with van der Waals surface area (Å²) in [4.78, 5) is 8.87. The fraction of sp³-hybridized carbons (Fsp3) is 0.0526. The Morgan fingerprint density at radius 1 is 1.04 bits per heavy atom. The molecule has 0 saturated carbocycles. The van der Waals surface area contributed by atoms with Gasteiger partial charge in [0.05, 0.1) is 18.1 Å². The van der Waals surface area contributed by atoms with Gasteiger partial charge in [-0.25, -0.2) is 18.9 Å². The number of anilines is 1. The fourth-order valence-electron chi connectivity index (χ4n) is 3.03. The zero-order valence-electron chi connectivity index (χ0n) is 14.1. The van der Waals surface area contributed by atoms with Crippen molar-refractivity contribution in [1.82, 2.24) is 29.2 Å². The molecule has 0 aliphatic rings. The lowest BCUT2D eigenvalue weighted by Gasteiger charge is -2.10. The van der Waals surface area contributed by atoms with Crippen LogP contribution in [-0.4, -0.2) is 29.2 Å². The SMILES string of the molecule is Fc1ccccc1-c1cc(NCc2cnn3cccnc23)n2nccc2n1. The first kappa shape index (κ1) is 15.4. The van der Waals surface area contributed by atoms with E-state index in [2.05, 4.69) is 25.5 Å². The van der Waals surface area contributed by atoms with Crippen molar-refractivity contribution < 1.29 is 4.39 Å². The molecule has 4 aromatic heterocycles. The molecule has 0 amide bonds. The van der Waals surface area contributed by atoms with Crippen molar-refractivity contribution in [2.24, 2.45) is 0 Å². The maximum absolute atomic E-state index is 14.2. The Labute approximate surface area is 153 Å². The fourth-order valence-corrected chi connectivity index (χ4v) is 3.03. The van der Waals surface area contributed by atoms with Crippen molar-refractivity contribution in [2.75, 3.05) is 5.32 Å². The number of aromatic nitrogens is 6. The highest BCUT2D eigenvalue weighted by Crippen LogP contribution is 2.25. The molecule has 1 N–H and O–H groups in total. The van der Waals surface area contributed by atoms with Crippen LogP contribution in [0.25, 0.3) is 22.6 Å². The van der Waals surface area contributed by atoms with Crippen LogP contribution in [0, 0.1) is 5.82 Å². The standard InChI is InChI=1S/C19H14FN7/c20-15-5-2-1-4-14(15)16-10-18(27-17(25-16)6-8-23-27)22-11-13-12-24-26-9-3-7-21-19(13)26/h1-10,12,22H,11H2. The van der Waals surface area contributed by atoms with Crippen molar-refractivity contribution in [2.45, 2.75) is 6.54 Å². The van der Waals surface area contributed by atoms with E-state index in [-0.39, 0.29) is 5.82 Å². The Morgan fingerprint density at radius 2 is 1.96 bits per heavy atom. The minimum Gasteiger partial charge on any atom is -0.366 e. The van der Waals surface area contributed by atoms with Gasteiger partial charge < -0.3 is 5.32 Å². The topological polar surface area (TPSA) is 72.4 Å². The second-order valence-corrected chi connectivity index (χ2v) is 6.02. The quantitative estimate of drug-likeness (QED) is 0.534. The number of halogens is 1. The summed E-state index contributed by atoms with van der Waals surface area (Å²) in [6.45, 7) is 0.496. The first-order valence-electron chi connectivity index (χ1n) is 8.40. The van der Waals surface area contributed by atoms with E-state index in [4.69, 9.17) is 0 Å². The lowest BCUT2D eigenvalue weighted by atomic mass is 10.1. The molecule has 0 spiro atoms. The van der Waals surface area contributed by atoms with Gasteiger partial charge in [0.15, 0.2) is 11.3 Å². The summed E-state index contributed by atoms with van der Waals surface area (Å²) in [7, 11) is 0. The molecular formula is C19H14FN7. The second-order valence-electron chi connectivity index (χ2n) is 6.02. The maximum Gasteiger partial charge on any atom is 0.159 e. The average molecular weight is 359 g/mol. The van der Waals surface area contributed by atoms with E-state index in [9.17, 15) is 4.39 Å². The van der Waals surface area contributed by atoms with Crippen LogP contribution in [0.15, 0.2) is 67.3 Å². The van der Waals surface area contributed by atoms with Gasteiger partial charge in [0.25, 0.3) is 0 Å². The molecule has 0 unspecified atom stereocenters. The summed E-state index contributed by atoms with van der Waals surface area (Å²) in [5, 5.41) is 11.9. The minimum absolute atomic E-state index is 0.313. The third-order valence-corrected chi connectivity index (χ3v) is 4.32. The molecule has 0 aliphatic carbocycles. The van der Waals surface area contributed by atoms with Crippen LogP contribution >= 0.6 is 0 Å². The highest BCUT2D eigenvalue weighted by atomic mass is 19.1. The molecule has 0 saturated heterocycles. The van der Waals surface area contributed by atoms with Crippen molar-refractivity contribution >= 4 is 17.1 Å². The summed E-state index contributed by atoms with van der Waals surface area (Å²) in [6, 6.07) is 12.0. The van der Waals surface area contributed by atoms with E-state index in [0.29, 0.717) is 29.3 Å². The minimum atomic E-state index is -0.313. The summed E-state index contributed by atoms with van der Waals surface area (Å²) in [6.07, 6.45) is 7.01. The molecule has 132 valence electrons. The molecule has 4 heterocycles. The molecule has 0 atom stereocenters. The Balaban J connectivity index is 1.54. The molecule has 5 aromatic rings. The van der Waals surface area contributed by atoms with Crippen LogP contribution in [0.3, 0.4) is 0 Å². The average Bonchev–Trinajstić information content (AvgIpc) is 3.33. The highest BCUT2D eigenvalue weighted by molar-refractivity contribution is 5.67. The van der Waals surface area contributed by atoms with Crippen LogP contribution in [-0.2, 0) is 6.54 Å². The van der Waals surface area contributed by atoms with Gasteiger partial charge in [-0.2, -0.15) is 14.7 Å². The van der Waals surface area contributed by atoms with Gasteiger partial charge in [0, 0.05) is 42.2 Å². The van der Waals surface area contributed by atoms with E-state index in [1.165, 1.54) is 6.07 Å². The molecule has 8 heteroatoms. The summed E-state index contributed by atoms with van der Waals surface area (Å²) >= 11 is 0. The van der Waals surface area contributed by atoms with Crippen molar-refractivity contribution in [1.29, 1.82) is 0 Å². The second kappa shape index (κ2) is 6.17. The molecule has 0 bridgehead atoms. The molecule has 0 aliphatic heterocycles. The zero-order chi connectivity index (χ0) is 18.2. The largest absolute Gasteiger partial charge is 0.366 e. The predicted molar refractivity (Wildman–Crippen MR) is 98.7 cm³/mol. The van der Waals surface area contributed by atoms with Crippen LogP contribution in [0.4, 0.5) is 10.2 Å². The normalized spacial score (nSPS) is 11.3. The van der Waals surface area contributed by atoms with Gasteiger partial charge >= 0.3 is 0 Å². The number of benzene rings is 1. The Bertz CT molecular complexity index is 1260. The number of nitrogens with one attached hydrogen (secondary N) is 1. The third kappa shape index (κ3) is 2.67.